The zero-order chi connectivity index (χ0) is 18.1. The zero-order valence-electron chi connectivity index (χ0n) is 13.8. The molecule has 132 valence electrons. The van der Waals surface area contributed by atoms with Crippen molar-refractivity contribution in [2.75, 3.05) is 6.54 Å². The monoisotopic (exact) mass is 352 g/mol. The predicted octanol–water partition coefficient (Wildman–Crippen LogP) is 1.21. The third kappa shape index (κ3) is 2.94. The maximum absolute atomic E-state index is 13.0. The van der Waals surface area contributed by atoms with Gasteiger partial charge in [0.15, 0.2) is 5.69 Å². The first-order valence-corrected chi connectivity index (χ1v) is 8.16. The van der Waals surface area contributed by atoms with E-state index >= 15 is 0 Å². The number of carboxylic acid groups (broad SMARTS) is 1. The second-order valence-corrected chi connectivity index (χ2v) is 6.05. The normalized spacial score (nSPS) is 13.9. The van der Waals surface area contributed by atoms with Crippen LogP contribution in [0.15, 0.2) is 43.0 Å². The SMILES string of the molecule is O=C(O)c1cc2n(n1)CCCN(C(=O)c1cccc(-n3cnnc3)c1)C2. The number of hydrogen-bond acceptors (Lipinski definition) is 5. The summed E-state index contributed by atoms with van der Waals surface area (Å²) in [5.74, 6) is -1.17. The first-order chi connectivity index (χ1) is 12.6. The van der Waals surface area contributed by atoms with E-state index < -0.39 is 5.97 Å². The summed E-state index contributed by atoms with van der Waals surface area (Å²) in [5, 5.41) is 20.7. The molecule has 1 aliphatic rings. The molecule has 0 fully saturated rings. The van der Waals surface area contributed by atoms with Crippen LogP contribution in [0.3, 0.4) is 0 Å². The number of carbonyl (C=O) groups excluding carboxylic acids is 1. The topological polar surface area (TPSA) is 106 Å². The summed E-state index contributed by atoms with van der Waals surface area (Å²) >= 11 is 0. The molecule has 0 saturated heterocycles. The van der Waals surface area contributed by atoms with Gasteiger partial charge in [-0.3, -0.25) is 14.0 Å². The van der Waals surface area contributed by atoms with Gasteiger partial charge in [-0.25, -0.2) is 4.79 Å². The highest BCUT2D eigenvalue weighted by atomic mass is 16.4. The highest BCUT2D eigenvalue weighted by Crippen LogP contribution is 2.18. The van der Waals surface area contributed by atoms with Crippen molar-refractivity contribution < 1.29 is 14.7 Å². The minimum Gasteiger partial charge on any atom is -0.476 e. The van der Waals surface area contributed by atoms with Crippen LogP contribution < -0.4 is 0 Å². The van der Waals surface area contributed by atoms with Crippen molar-refractivity contribution in [2.24, 2.45) is 0 Å². The number of nitrogens with zero attached hydrogens (tertiary/aromatic N) is 6. The first kappa shape index (κ1) is 16.0. The predicted molar refractivity (Wildman–Crippen MR) is 89.9 cm³/mol. The average Bonchev–Trinajstić information content (AvgIpc) is 3.28. The molecule has 1 aliphatic heterocycles. The number of benzene rings is 1. The molecule has 0 aliphatic carbocycles. The van der Waals surface area contributed by atoms with Crippen LogP contribution in [0.5, 0.6) is 0 Å². The zero-order valence-corrected chi connectivity index (χ0v) is 13.8. The Labute approximate surface area is 148 Å². The van der Waals surface area contributed by atoms with E-state index in [0.29, 0.717) is 31.6 Å². The van der Waals surface area contributed by atoms with E-state index in [1.807, 2.05) is 12.1 Å². The number of fused-ring (bicyclic) bond motifs is 1. The second kappa shape index (κ2) is 6.43. The lowest BCUT2D eigenvalue weighted by Crippen LogP contribution is -2.30. The van der Waals surface area contributed by atoms with Crippen molar-refractivity contribution in [1.29, 1.82) is 0 Å². The number of hydrogen-bond donors (Lipinski definition) is 1. The summed E-state index contributed by atoms with van der Waals surface area (Å²) in [5.41, 5.74) is 2.09. The summed E-state index contributed by atoms with van der Waals surface area (Å²) in [6.45, 7) is 1.50. The lowest BCUT2D eigenvalue weighted by atomic mass is 10.1. The summed E-state index contributed by atoms with van der Waals surface area (Å²) in [4.78, 5) is 25.8. The molecule has 3 aromatic rings. The van der Waals surface area contributed by atoms with Gasteiger partial charge in [-0.1, -0.05) is 6.07 Å². The van der Waals surface area contributed by atoms with Crippen LogP contribution in [0.4, 0.5) is 0 Å². The standard InChI is InChI=1S/C17H16N6O3/c24-16(12-3-1-4-13(7-12)22-10-18-19-11-22)21-5-2-6-23-14(9-21)8-15(20-23)17(25)26/h1,3-4,7-8,10-11H,2,5-6,9H2,(H,25,26). The van der Waals surface area contributed by atoms with Gasteiger partial charge in [0.25, 0.3) is 5.91 Å². The average molecular weight is 352 g/mol. The molecule has 4 rings (SSSR count). The van der Waals surface area contributed by atoms with E-state index in [0.717, 1.165) is 11.4 Å². The fraction of sp³-hybridized carbons (Fsp3) is 0.235. The van der Waals surface area contributed by atoms with Crippen LogP contribution in [0, 0.1) is 0 Å². The number of carbonyl (C=O) groups is 2. The van der Waals surface area contributed by atoms with E-state index in [9.17, 15) is 9.59 Å². The van der Waals surface area contributed by atoms with Gasteiger partial charge in [0.2, 0.25) is 0 Å². The highest BCUT2D eigenvalue weighted by Gasteiger charge is 2.23. The van der Waals surface area contributed by atoms with Crippen LogP contribution in [0.1, 0.15) is 33.0 Å². The third-order valence-corrected chi connectivity index (χ3v) is 4.33. The Hall–Kier alpha value is -3.49. The quantitative estimate of drug-likeness (QED) is 0.759. The molecule has 1 N–H and O–H groups in total. The van der Waals surface area contributed by atoms with E-state index in [-0.39, 0.29) is 11.6 Å². The smallest absolute Gasteiger partial charge is 0.356 e. The molecule has 3 heterocycles. The van der Waals surface area contributed by atoms with Gasteiger partial charge >= 0.3 is 5.97 Å². The van der Waals surface area contributed by atoms with E-state index in [1.54, 1.807) is 38.9 Å². The number of aryl methyl sites for hydroxylation is 1. The van der Waals surface area contributed by atoms with Crippen molar-refractivity contribution in [3.8, 4) is 5.69 Å². The Morgan fingerprint density at radius 3 is 2.65 bits per heavy atom. The number of aromatic carboxylic acids is 1. The van der Waals surface area contributed by atoms with E-state index in [1.165, 1.54) is 6.07 Å². The molecule has 0 radical (unpaired) electrons. The highest BCUT2D eigenvalue weighted by molar-refractivity contribution is 5.94. The van der Waals surface area contributed by atoms with Gasteiger partial charge < -0.3 is 10.0 Å². The van der Waals surface area contributed by atoms with Crippen molar-refractivity contribution in [3.05, 3.63) is 59.9 Å². The molecular formula is C17H16N6O3. The minimum absolute atomic E-state index is 0.00361. The van der Waals surface area contributed by atoms with Gasteiger partial charge in [-0.2, -0.15) is 5.10 Å². The Kier molecular flexibility index (Phi) is 3.96. The number of rotatable bonds is 3. The Morgan fingerprint density at radius 2 is 1.88 bits per heavy atom. The fourth-order valence-electron chi connectivity index (χ4n) is 3.06. The van der Waals surface area contributed by atoms with Gasteiger partial charge in [0.1, 0.15) is 12.7 Å². The molecule has 9 nitrogen and oxygen atoms in total. The second-order valence-electron chi connectivity index (χ2n) is 6.05. The van der Waals surface area contributed by atoms with Gasteiger partial charge in [-0.05, 0) is 30.7 Å². The molecule has 26 heavy (non-hydrogen) atoms. The van der Waals surface area contributed by atoms with Crippen LogP contribution in [-0.2, 0) is 13.1 Å². The number of carboxylic acids is 1. The lowest BCUT2D eigenvalue weighted by molar-refractivity contribution is 0.0689. The van der Waals surface area contributed by atoms with Crippen LogP contribution in [-0.4, -0.2) is 53.0 Å². The summed E-state index contributed by atoms with van der Waals surface area (Å²) in [7, 11) is 0. The van der Waals surface area contributed by atoms with Crippen molar-refractivity contribution in [3.63, 3.8) is 0 Å². The van der Waals surface area contributed by atoms with E-state index in [4.69, 9.17) is 5.11 Å². The summed E-state index contributed by atoms with van der Waals surface area (Å²) in [6, 6.07) is 8.77. The summed E-state index contributed by atoms with van der Waals surface area (Å²) < 4.78 is 3.40. The van der Waals surface area contributed by atoms with Crippen LogP contribution in [0.25, 0.3) is 5.69 Å². The molecule has 2 aromatic heterocycles. The molecular weight excluding hydrogens is 336 g/mol. The first-order valence-electron chi connectivity index (χ1n) is 8.16. The maximum atomic E-state index is 13.0. The van der Waals surface area contributed by atoms with Crippen LogP contribution >= 0.6 is 0 Å². The lowest BCUT2D eigenvalue weighted by Gasteiger charge is -2.20. The number of aromatic nitrogens is 5. The van der Waals surface area contributed by atoms with Crippen molar-refractivity contribution >= 4 is 11.9 Å². The molecule has 0 unspecified atom stereocenters. The third-order valence-electron chi connectivity index (χ3n) is 4.33. The van der Waals surface area contributed by atoms with Gasteiger partial charge in [0, 0.05) is 24.3 Å². The Balaban J connectivity index is 1.60. The molecule has 0 atom stereocenters. The molecule has 0 saturated carbocycles. The van der Waals surface area contributed by atoms with Gasteiger partial charge in [-0.15, -0.1) is 10.2 Å². The van der Waals surface area contributed by atoms with E-state index in [2.05, 4.69) is 15.3 Å². The van der Waals surface area contributed by atoms with Crippen molar-refractivity contribution in [1.82, 2.24) is 29.4 Å². The fourth-order valence-corrected chi connectivity index (χ4v) is 3.06. The Morgan fingerprint density at radius 1 is 1.08 bits per heavy atom. The number of amides is 1. The molecule has 9 heteroatoms. The summed E-state index contributed by atoms with van der Waals surface area (Å²) in [6.07, 6.45) is 3.85. The maximum Gasteiger partial charge on any atom is 0.356 e. The van der Waals surface area contributed by atoms with Crippen molar-refractivity contribution in [2.45, 2.75) is 19.5 Å². The molecule has 0 bridgehead atoms. The minimum atomic E-state index is -1.06. The molecule has 1 amide bonds. The molecule has 0 spiro atoms. The largest absolute Gasteiger partial charge is 0.476 e. The molecule has 1 aromatic carbocycles. The van der Waals surface area contributed by atoms with Crippen LogP contribution in [0.2, 0.25) is 0 Å². The Bertz CT molecular complexity index is 963. The van der Waals surface area contributed by atoms with Gasteiger partial charge in [0.05, 0.1) is 12.2 Å².